The molecule has 0 aliphatic carbocycles. The Hall–Kier alpha value is 0.590. The van der Waals surface area contributed by atoms with Gasteiger partial charge in [-0.3, -0.25) is 4.57 Å². The minimum Gasteiger partial charge on any atom is -0.381 e. The SMILES string of the molecule is O=P(O)(O)CCCOCCBr. The summed E-state index contributed by atoms with van der Waals surface area (Å²) in [6.45, 7) is 0.998. The topological polar surface area (TPSA) is 66.8 Å². The molecule has 0 spiro atoms. The van der Waals surface area contributed by atoms with E-state index in [1.54, 1.807) is 0 Å². The molecule has 0 rings (SSSR count). The number of ether oxygens (including phenoxy) is 1. The summed E-state index contributed by atoms with van der Waals surface area (Å²) in [6.07, 6.45) is 0.326. The fourth-order valence-electron chi connectivity index (χ4n) is 0.529. The summed E-state index contributed by atoms with van der Waals surface area (Å²) in [5.74, 6) is 0. The molecule has 0 aromatic carbocycles. The smallest absolute Gasteiger partial charge is 0.325 e. The lowest BCUT2D eigenvalue weighted by atomic mass is 10.5. The largest absolute Gasteiger partial charge is 0.381 e. The predicted octanol–water partition coefficient (Wildman–Crippen LogP) is 0.966. The van der Waals surface area contributed by atoms with Gasteiger partial charge in [-0.15, -0.1) is 0 Å². The molecule has 0 saturated carbocycles. The van der Waals surface area contributed by atoms with E-state index in [4.69, 9.17) is 14.5 Å². The molecule has 0 unspecified atom stereocenters. The summed E-state index contributed by atoms with van der Waals surface area (Å²) in [4.78, 5) is 16.8. The molecule has 68 valence electrons. The van der Waals surface area contributed by atoms with Gasteiger partial charge in [0.2, 0.25) is 0 Å². The lowest BCUT2D eigenvalue weighted by Gasteiger charge is -2.03. The normalized spacial score (nSPS) is 11.9. The van der Waals surface area contributed by atoms with Crippen LogP contribution >= 0.6 is 23.5 Å². The van der Waals surface area contributed by atoms with E-state index in [0.717, 1.165) is 5.33 Å². The Balaban J connectivity index is 3.09. The van der Waals surface area contributed by atoms with Crippen LogP contribution in [-0.2, 0) is 9.30 Å². The summed E-state index contributed by atoms with van der Waals surface area (Å²) in [5.41, 5.74) is 0. The minimum atomic E-state index is -3.81. The first-order chi connectivity index (χ1) is 5.06. The molecule has 0 aliphatic rings. The van der Waals surface area contributed by atoms with E-state index < -0.39 is 7.60 Å². The molecule has 0 aromatic heterocycles. The maximum atomic E-state index is 10.3. The highest BCUT2D eigenvalue weighted by molar-refractivity contribution is 9.09. The van der Waals surface area contributed by atoms with Crippen molar-refractivity contribution >= 4 is 23.5 Å². The third-order valence-corrected chi connectivity index (χ3v) is 2.18. The quantitative estimate of drug-likeness (QED) is 0.417. The summed E-state index contributed by atoms with van der Waals surface area (Å²) in [5, 5.41) is 0.753. The monoisotopic (exact) mass is 246 g/mol. The molecule has 0 fully saturated rings. The maximum absolute atomic E-state index is 10.3. The third-order valence-electron chi connectivity index (χ3n) is 0.960. The van der Waals surface area contributed by atoms with E-state index >= 15 is 0 Å². The fourth-order valence-corrected chi connectivity index (χ4v) is 1.30. The molecule has 11 heavy (non-hydrogen) atoms. The van der Waals surface area contributed by atoms with Gasteiger partial charge < -0.3 is 14.5 Å². The third kappa shape index (κ3) is 10.6. The van der Waals surface area contributed by atoms with Gasteiger partial charge in [0.15, 0.2) is 0 Å². The molecular formula is C5H12BrO4P. The van der Waals surface area contributed by atoms with Crippen LogP contribution in [0.2, 0.25) is 0 Å². The van der Waals surface area contributed by atoms with Crippen molar-refractivity contribution in [1.29, 1.82) is 0 Å². The second kappa shape index (κ2) is 6.14. The number of rotatable bonds is 6. The van der Waals surface area contributed by atoms with Crippen molar-refractivity contribution < 1.29 is 19.1 Å². The van der Waals surface area contributed by atoms with Crippen LogP contribution in [0, 0.1) is 0 Å². The highest BCUT2D eigenvalue weighted by Gasteiger charge is 2.10. The van der Waals surface area contributed by atoms with Gasteiger partial charge in [-0.1, -0.05) is 15.9 Å². The van der Waals surface area contributed by atoms with E-state index in [1.165, 1.54) is 0 Å². The maximum Gasteiger partial charge on any atom is 0.325 e. The minimum absolute atomic E-state index is 0.0880. The highest BCUT2D eigenvalue weighted by Crippen LogP contribution is 2.34. The molecule has 0 radical (unpaired) electrons. The molecule has 0 heterocycles. The molecule has 0 amide bonds. The van der Waals surface area contributed by atoms with Gasteiger partial charge in [0.05, 0.1) is 12.8 Å². The molecule has 0 aliphatic heterocycles. The van der Waals surface area contributed by atoms with Crippen LogP contribution in [0.4, 0.5) is 0 Å². The summed E-state index contributed by atoms with van der Waals surface area (Å²) in [7, 11) is -3.81. The van der Waals surface area contributed by atoms with E-state index in [-0.39, 0.29) is 6.16 Å². The van der Waals surface area contributed by atoms with Crippen molar-refractivity contribution in [2.45, 2.75) is 6.42 Å². The van der Waals surface area contributed by atoms with Crippen LogP contribution in [0.1, 0.15) is 6.42 Å². The standard InChI is InChI=1S/C5H12BrO4P/c6-2-4-10-3-1-5-11(7,8)9/h1-5H2,(H2,7,8,9). The van der Waals surface area contributed by atoms with Crippen LogP contribution in [0.25, 0.3) is 0 Å². The summed E-state index contributed by atoms with van der Waals surface area (Å²) in [6, 6.07) is 0. The number of hydrogen-bond acceptors (Lipinski definition) is 2. The van der Waals surface area contributed by atoms with E-state index in [0.29, 0.717) is 19.6 Å². The number of hydrogen-bond donors (Lipinski definition) is 2. The lowest BCUT2D eigenvalue weighted by molar-refractivity contribution is 0.150. The average Bonchev–Trinajstić information content (AvgIpc) is 1.85. The Bertz CT molecular complexity index is 134. The molecular weight excluding hydrogens is 235 g/mol. The zero-order valence-corrected chi connectivity index (χ0v) is 8.55. The average molecular weight is 247 g/mol. The van der Waals surface area contributed by atoms with E-state index in [2.05, 4.69) is 15.9 Å². The second-order valence-electron chi connectivity index (χ2n) is 2.04. The van der Waals surface area contributed by atoms with Gasteiger partial charge in [0.25, 0.3) is 0 Å². The molecule has 0 bridgehead atoms. The first kappa shape index (κ1) is 11.6. The molecule has 4 nitrogen and oxygen atoms in total. The van der Waals surface area contributed by atoms with Crippen LogP contribution in [0.3, 0.4) is 0 Å². The van der Waals surface area contributed by atoms with Crippen molar-refractivity contribution in [1.82, 2.24) is 0 Å². The van der Waals surface area contributed by atoms with Crippen LogP contribution < -0.4 is 0 Å². The molecule has 2 N–H and O–H groups in total. The van der Waals surface area contributed by atoms with Crippen molar-refractivity contribution in [2.24, 2.45) is 0 Å². The molecule has 6 heteroatoms. The highest BCUT2D eigenvalue weighted by atomic mass is 79.9. The Morgan fingerprint density at radius 3 is 2.45 bits per heavy atom. The van der Waals surface area contributed by atoms with Gasteiger partial charge in [0.1, 0.15) is 0 Å². The zero-order chi connectivity index (χ0) is 8.74. The van der Waals surface area contributed by atoms with Crippen LogP contribution in [-0.4, -0.2) is 34.5 Å². The van der Waals surface area contributed by atoms with Gasteiger partial charge in [-0.05, 0) is 6.42 Å². The number of halogens is 1. The van der Waals surface area contributed by atoms with Gasteiger partial charge in [-0.2, -0.15) is 0 Å². The Morgan fingerprint density at radius 1 is 1.36 bits per heavy atom. The van der Waals surface area contributed by atoms with Crippen LogP contribution in [0.5, 0.6) is 0 Å². The first-order valence-corrected chi connectivity index (χ1v) is 6.16. The second-order valence-corrected chi connectivity index (χ2v) is 4.61. The van der Waals surface area contributed by atoms with Crippen molar-refractivity contribution in [2.75, 3.05) is 24.7 Å². The summed E-state index contributed by atoms with van der Waals surface area (Å²) >= 11 is 3.16. The number of alkyl halides is 1. The molecule has 0 aromatic rings. The Kier molecular flexibility index (Phi) is 6.47. The molecule has 0 atom stereocenters. The van der Waals surface area contributed by atoms with Crippen molar-refractivity contribution in [3.05, 3.63) is 0 Å². The van der Waals surface area contributed by atoms with Crippen LogP contribution in [0.15, 0.2) is 0 Å². The zero-order valence-electron chi connectivity index (χ0n) is 6.07. The van der Waals surface area contributed by atoms with Gasteiger partial charge in [0, 0.05) is 11.9 Å². The summed E-state index contributed by atoms with van der Waals surface area (Å²) < 4.78 is 15.3. The van der Waals surface area contributed by atoms with Gasteiger partial charge in [-0.25, -0.2) is 0 Å². The molecule has 0 saturated heterocycles. The Morgan fingerprint density at radius 2 is 2.00 bits per heavy atom. The van der Waals surface area contributed by atoms with Crippen molar-refractivity contribution in [3.63, 3.8) is 0 Å². The van der Waals surface area contributed by atoms with E-state index in [1.807, 2.05) is 0 Å². The lowest BCUT2D eigenvalue weighted by Crippen LogP contribution is -2.00. The van der Waals surface area contributed by atoms with Crippen molar-refractivity contribution in [3.8, 4) is 0 Å². The fraction of sp³-hybridized carbons (Fsp3) is 1.00. The first-order valence-electron chi connectivity index (χ1n) is 3.24. The Labute approximate surface area is 74.2 Å². The van der Waals surface area contributed by atoms with E-state index in [9.17, 15) is 4.57 Å². The van der Waals surface area contributed by atoms with Gasteiger partial charge >= 0.3 is 7.60 Å². The predicted molar refractivity (Wildman–Crippen MR) is 46.1 cm³/mol.